The first kappa shape index (κ1) is 41.2. The average molecular weight is 656 g/mol. The van der Waals surface area contributed by atoms with E-state index in [0.717, 1.165) is 24.2 Å². The Labute approximate surface area is 241 Å². The molecular formula is C22H25F9N6O7. The monoisotopic (exact) mass is 656 g/mol. The Kier molecular flexibility index (Phi) is 18.1. The molecule has 0 aliphatic heterocycles. The number of aliphatic imine (C=N–C) groups is 1. The van der Waals surface area contributed by atoms with Gasteiger partial charge in [0.25, 0.3) is 0 Å². The van der Waals surface area contributed by atoms with Gasteiger partial charge in [0.1, 0.15) is 0 Å². The second kappa shape index (κ2) is 19.3. The van der Waals surface area contributed by atoms with Gasteiger partial charge in [0.2, 0.25) is 5.91 Å². The van der Waals surface area contributed by atoms with E-state index >= 15 is 0 Å². The zero-order valence-corrected chi connectivity index (χ0v) is 22.2. The zero-order valence-electron chi connectivity index (χ0n) is 22.2. The lowest BCUT2D eigenvalue weighted by molar-refractivity contribution is -0.193. The molecule has 7 N–H and O–H groups in total. The summed E-state index contributed by atoms with van der Waals surface area (Å²) in [6.07, 6.45) is -8.09. The third-order valence-electron chi connectivity index (χ3n) is 4.12. The predicted octanol–water partition coefficient (Wildman–Crippen LogP) is 3.26. The molecule has 0 saturated carbocycles. The number of nitrogens with zero attached hydrogens (tertiary/aromatic N) is 3. The predicted molar refractivity (Wildman–Crippen MR) is 130 cm³/mol. The lowest BCUT2D eigenvalue weighted by Crippen LogP contribution is -2.37. The van der Waals surface area contributed by atoms with Crippen LogP contribution in [-0.2, 0) is 25.6 Å². The summed E-state index contributed by atoms with van der Waals surface area (Å²) < 4.78 is 95.2. The molecule has 0 radical (unpaired) electrons. The number of amides is 1. The van der Waals surface area contributed by atoms with Crippen molar-refractivity contribution in [2.75, 3.05) is 6.54 Å². The van der Waals surface area contributed by atoms with Crippen LogP contribution in [0.3, 0.4) is 0 Å². The molecule has 2 aromatic heterocycles. The van der Waals surface area contributed by atoms with Crippen LogP contribution in [0.4, 0.5) is 39.5 Å². The van der Waals surface area contributed by atoms with Crippen molar-refractivity contribution < 1.29 is 74.0 Å². The second-order valence-electron chi connectivity index (χ2n) is 7.76. The van der Waals surface area contributed by atoms with Gasteiger partial charge in [-0.1, -0.05) is 13.0 Å². The van der Waals surface area contributed by atoms with Crippen LogP contribution in [0.25, 0.3) is 0 Å². The summed E-state index contributed by atoms with van der Waals surface area (Å²) in [4.78, 5) is 54.0. The van der Waals surface area contributed by atoms with Gasteiger partial charge in [-0.2, -0.15) is 39.5 Å². The lowest BCUT2D eigenvalue weighted by atomic mass is 10.0. The molecule has 44 heavy (non-hydrogen) atoms. The summed E-state index contributed by atoms with van der Waals surface area (Å²) in [6.45, 7) is 2.51. The van der Waals surface area contributed by atoms with Crippen LogP contribution in [0.1, 0.15) is 37.1 Å². The Morgan fingerprint density at radius 1 is 0.932 bits per heavy atom. The number of guanidine groups is 1. The number of carboxylic acids is 3. The fraction of sp³-hybridized carbons (Fsp3) is 0.409. The summed E-state index contributed by atoms with van der Waals surface area (Å²) >= 11 is 0. The minimum atomic E-state index is -5.08. The first-order chi connectivity index (χ1) is 20.0. The Morgan fingerprint density at radius 3 is 1.77 bits per heavy atom. The largest absolute Gasteiger partial charge is 0.490 e. The fourth-order valence-corrected chi connectivity index (χ4v) is 2.17. The van der Waals surface area contributed by atoms with Gasteiger partial charge in [-0.3, -0.25) is 20.1 Å². The number of imidazole rings is 1. The average Bonchev–Trinajstić information content (AvgIpc) is 3.40. The molecule has 13 nitrogen and oxygen atoms in total. The minimum Gasteiger partial charge on any atom is -0.475 e. The highest BCUT2D eigenvalue weighted by molar-refractivity contribution is 5.96. The molecule has 248 valence electrons. The Morgan fingerprint density at radius 2 is 1.41 bits per heavy atom. The van der Waals surface area contributed by atoms with E-state index in [2.05, 4.69) is 25.3 Å². The molecule has 1 amide bonds. The van der Waals surface area contributed by atoms with E-state index in [-0.39, 0.29) is 17.8 Å². The molecule has 0 fully saturated rings. The zero-order chi connectivity index (χ0) is 34.7. The summed E-state index contributed by atoms with van der Waals surface area (Å²) in [5.41, 5.74) is 7.68. The van der Waals surface area contributed by atoms with Crippen molar-refractivity contribution in [3.8, 4) is 0 Å². The molecule has 1 unspecified atom stereocenters. The summed E-state index contributed by atoms with van der Waals surface area (Å²) in [5, 5.41) is 24.0. The number of alkyl halides is 9. The number of aromatic amines is 1. The van der Waals surface area contributed by atoms with Crippen LogP contribution >= 0.6 is 0 Å². The van der Waals surface area contributed by atoms with Gasteiger partial charge in [-0.05, 0) is 25.0 Å². The van der Waals surface area contributed by atoms with Gasteiger partial charge in [0, 0.05) is 42.7 Å². The molecular weight excluding hydrogens is 631 g/mol. The first-order valence-electron chi connectivity index (χ1n) is 11.4. The number of H-pyrrole nitrogens is 1. The van der Waals surface area contributed by atoms with Crippen molar-refractivity contribution in [2.45, 2.75) is 50.6 Å². The van der Waals surface area contributed by atoms with Crippen molar-refractivity contribution in [1.82, 2.24) is 20.3 Å². The number of aryl methyl sites for hydroxylation is 1. The number of carbonyl (C=O) groups excluding carboxylic acids is 1. The molecule has 0 bridgehead atoms. The van der Waals surface area contributed by atoms with Gasteiger partial charge in [0.05, 0.1) is 6.33 Å². The number of halogens is 9. The third kappa shape index (κ3) is 21.8. The van der Waals surface area contributed by atoms with Gasteiger partial charge >= 0.3 is 36.4 Å². The second-order valence-corrected chi connectivity index (χ2v) is 7.76. The number of rotatable bonds is 7. The van der Waals surface area contributed by atoms with E-state index in [0.29, 0.717) is 13.0 Å². The van der Waals surface area contributed by atoms with Gasteiger partial charge in [-0.15, -0.1) is 0 Å². The van der Waals surface area contributed by atoms with E-state index in [1.165, 1.54) is 0 Å². The molecule has 22 heteroatoms. The Bertz CT molecular complexity index is 1130. The van der Waals surface area contributed by atoms with Crippen LogP contribution in [0, 0.1) is 0 Å². The van der Waals surface area contributed by atoms with Crippen LogP contribution in [0.15, 0.2) is 41.9 Å². The highest BCUT2D eigenvalue weighted by atomic mass is 19.4. The number of carbonyl (C=O) groups is 4. The third-order valence-corrected chi connectivity index (χ3v) is 4.12. The maximum Gasteiger partial charge on any atom is 0.490 e. The van der Waals surface area contributed by atoms with E-state index in [4.69, 9.17) is 35.4 Å². The SMILES string of the molecule is CC(CC(=O)NC(N)=NCCCc1cnc[nH]1)c1ccccn1.O=C(O)C(F)(F)F.O=C(O)C(F)(F)F.O=C(O)C(F)(F)F. The Balaban J connectivity index is 0. The molecule has 0 saturated heterocycles. The highest BCUT2D eigenvalue weighted by Gasteiger charge is 2.39. The molecule has 0 spiro atoms. The molecule has 2 heterocycles. The number of nitrogens with one attached hydrogen (secondary N) is 2. The van der Waals surface area contributed by atoms with E-state index < -0.39 is 36.4 Å². The molecule has 0 aliphatic carbocycles. The van der Waals surface area contributed by atoms with Crippen LogP contribution in [-0.4, -0.2) is 85.1 Å². The molecule has 0 aliphatic rings. The topological polar surface area (TPSA) is 221 Å². The van der Waals surface area contributed by atoms with Crippen molar-refractivity contribution in [3.05, 3.63) is 48.3 Å². The minimum absolute atomic E-state index is 0.0318. The summed E-state index contributed by atoms with van der Waals surface area (Å²) in [6, 6.07) is 5.67. The maximum absolute atomic E-state index is 11.9. The number of pyridine rings is 1. The van der Waals surface area contributed by atoms with Gasteiger partial charge in [-0.25, -0.2) is 19.4 Å². The van der Waals surface area contributed by atoms with Gasteiger partial charge < -0.3 is 26.0 Å². The molecule has 2 aromatic rings. The standard InChI is InChI=1S/C16H22N6O.3C2HF3O2/c1-12(14-6-2-3-7-19-14)9-15(23)22-16(17)20-8-4-5-13-10-18-11-21-13;3*3-2(4,5)1(6)7/h2-3,6-7,10-12H,4-5,8-9H2,1H3,(H,18,21)(H3,17,20,22,23);3*(H,6,7). The quantitative estimate of drug-likeness (QED) is 0.111. The number of hydrogen-bond donors (Lipinski definition) is 6. The molecule has 0 aromatic carbocycles. The van der Waals surface area contributed by atoms with Crippen LogP contribution in [0.2, 0.25) is 0 Å². The van der Waals surface area contributed by atoms with Crippen molar-refractivity contribution in [1.29, 1.82) is 0 Å². The van der Waals surface area contributed by atoms with E-state index in [1.54, 1.807) is 18.7 Å². The molecule has 1 atom stereocenters. The van der Waals surface area contributed by atoms with E-state index in [9.17, 15) is 44.3 Å². The number of aromatic nitrogens is 3. The number of aliphatic carboxylic acids is 3. The first-order valence-corrected chi connectivity index (χ1v) is 11.4. The number of nitrogens with two attached hydrogens (primary N) is 1. The van der Waals surface area contributed by atoms with Crippen LogP contribution < -0.4 is 11.1 Å². The van der Waals surface area contributed by atoms with Gasteiger partial charge in [0.15, 0.2) is 5.96 Å². The molecule has 2 rings (SSSR count). The van der Waals surface area contributed by atoms with Crippen molar-refractivity contribution in [3.63, 3.8) is 0 Å². The lowest BCUT2D eigenvalue weighted by Gasteiger charge is -2.10. The van der Waals surface area contributed by atoms with Crippen molar-refractivity contribution >= 4 is 29.8 Å². The summed E-state index contributed by atoms with van der Waals surface area (Å²) in [5.74, 6) is -8.23. The smallest absolute Gasteiger partial charge is 0.475 e. The van der Waals surface area contributed by atoms with Crippen LogP contribution in [0.5, 0.6) is 0 Å². The normalized spacial score (nSPS) is 12.1. The Hall–Kier alpha value is -4.92. The van der Waals surface area contributed by atoms with E-state index in [1.807, 2.05) is 25.1 Å². The summed E-state index contributed by atoms with van der Waals surface area (Å²) in [7, 11) is 0. The fourth-order valence-electron chi connectivity index (χ4n) is 2.17. The van der Waals surface area contributed by atoms with Crippen molar-refractivity contribution in [2.24, 2.45) is 10.7 Å². The number of carboxylic acid groups (broad SMARTS) is 3. The highest BCUT2D eigenvalue weighted by Crippen LogP contribution is 2.16. The number of hydrogen-bond acceptors (Lipinski definition) is 7. The maximum atomic E-state index is 11.9.